The van der Waals surface area contributed by atoms with Gasteiger partial charge < -0.3 is 5.73 Å². The summed E-state index contributed by atoms with van der Waals surface area (Å²) in [6.07, 6.45) is 4.37. The summed E-state index contributed by atoms with van der Waals surface area (Å²) >= 11 is 1.41. The number of nitrogens with one attached hydrogen (secondary N) is 1. The van der Waals surface area contributed by atoms with Gasteiger partial charge in [0, 0.05) is 20.5 Å². The van der Waals surface area contributed by atoms with E-state index in [4.69, 9.17) is 5.73 Å². The molecule has 146 valence electrons. The Morgan fingerprint density at radius 3 is 2.62 bits per heavy atom. The number of hydrogen-bond acceptors (Lipinski definition) is 5. The molecule has 5 rings (SSSR count). The number of amides is 1. The molecule has 0 aliphatic heterocycles. The number of hydrogen-bond donors (Lipinski definition) is 2. The minimum Gasteiger partial charge on any atom is -0.366 e. The van der Waals surface area contributed by atoms with Crippen LogP contribution in [0.3, 0.4) is 0 Å². The predicted molar refractivity (Wildman–Crippen MR) is 110 cm³/mol. The number of thiophene rings is 1. The molecule has 2 aromatic carbocycles. The van der Waals surface area contributed by atoms with Crippen LogP contribution in [0.15, 0.2) is 36.4 Å². The van der Waals surface area contributed by atoms with Crippen LogP contribution < -0.4 is 5.73 Å². The zero-order valence-corrected chi connectivity index (χ0v) is 16.3. The lowest BCUT2D eigenvalue weighted by molar-refractivity contribution is 0.100. The molecule has 1 saturated carbocycles. The molecule has 3 N–H and O–H groups in total. The summed E-state index contributed by atoms with van der Waals surface area (Å²) in [5.74, 6) is 0.0888. The maximum Gasteiger partial charge on any atom is 0.250 e. The first-order valence-corrected chi connectivity index (χ1v) is 10.3. The molecular weight excluding hydrogens is 389 g/mol. The van der Waals surface area contributed by atoms with Gasteiger partial charge in [-0.3, -0.25) is 4.79 Å². The second-order valence-corrected chi connectivity index (χ2v) is 8.40. The van der Waals surface area contributed by atoms with Gasteiger partial charge in [-0.2, -0.15) is 0 Å². The second kappa shape index (κ2) is 7.04. The van der Waals surface area contributed by atoms with Crippen LogP contribution in [0.4, 0.5) is 4.39 Å². The summed E-state index contributed by atoms with van der Waals surface area (Å²) in [5.41, 5.74) is 8.36. The maximum atomic E-state index is 14.9. The summed E-state index contributed by atoms with van der Waals surface area (Å²) in [4.78, 5) is 12.9. The van der Waals surface area contributed by atoms with Crippen LogP contribution in [0.2, 0.25) is 0 Å². The fourth-order valence-electron chi connectivity index (χ4n) is 4.21. The van der Waals surface area contributed by atoms with Crippen molar-refractivity contribution in [3.63, 3.8) is 0 Å². The molecule has 1 amide bonds. The topological polar surface area (TPSA) is 97.6 Å². The van der Waals surface area contributed by atoms with Gasteiger partial charge in [-0.15, -0.1) is 16.4 Å². The smallest absolute Gasteiger partial charge is 0.250 e. The number of rotatable bonds is 4. The van der Waals surface area contributed by atoms with E-state index < -0.39 is 5.91 Å². The molecule has 2 aromatic heterocycles. The summed E-state index contributed by atoms with van der Waals surface area (Å²) in [6.45, 7) is 0. The minimum absolute atomic E-state index is 0.212. The molecule has 8 heteroatoms. The number of halogens is 1. The Hall–Kier alpha value is -3.13. The summed E-state index contributed by atoms with van der Waals surface area (Å²) in [7, 11) is 0. The highest BCUT2D eigenvalue weighted by molar-refractivity contribution is 7.22. The van der Waals surface area contributed by atoms with Crippen molar-refractivity contribution in [2.24, 2.45) is 5.73 Å². The van der Waals surface area contributed by atoms with Gasteiger partial charge in [0.05, 0.1) is 5.56 Å². The summed E-state index contributed by atoms with van der Waals surface area (Å²) in [6, 6.07) is 10.9. The van der Waals surface area contributed by atoms with Gasteiger partial charge >= 0.3 is 0 Å². The van der Waals surface area contributed by atoms with E-state index in [1.54, 1.807) is 0 Å². The van der Waals surface area contributed by atoms with Gasteiger partial charge in [-0.05, 0) is 52.4 Å². The minimum atomic E-state index is -0.527. The Bertz CT molecular complexity index is 1210. The first-order valence-electron chi connectivity index (χ1n) is 9.52. The van der Waals surface area contributed by atoms with E-state index >= 15 is 0 Å². The molecule has 0 unspecified atom stereocenters. The highest BCUT2D eigenvalue weighted by Crippen LogP contribution is 2.42. The number of carbonyl (C=O) groups is 1. The molecule has 0 saturated heterocycles. The number of nitrogens with two attached hydrogens (primary N) is 1. The van der Waals surface area contributed by atoms with Crippen molar-refractivity contribution in [3.05, 3.63) is 53.3 Å². The lowest BCUT2D eigenvalue weighted by Gasteiger charge is -2.12. The summed E-state index contributed by atoms with van der Waals surface area (Å²) < 4.78 is 15.8. The van der Waals surface area contributed by atoms with Crippen LogP contribution in [0.1, 0.15) is 47.5 Å². The number of benzene rings is 2. The van der Waals surface area contributed by atoms with Crippen molar-refractivity contribution in [1.82, 2.24) is 20.6 Å². The lowest BCUT2D eigenvalue weighted by atomic mass is 9.95. The van der Waals surface area contributed by atoms with E-state index in [9.17, 15) is 9.18 Å². The number of aromatic nitrogens is 4. The molecule has 6 nitrogen and oxygen atoms in total. The Labute approximate surface area is 169 Å². The highest BCUT2D eigenvalue weighted by atomic mass is 32.1. The largest absolute Gasteiger partial charge is 0.366 e. The Kier molecular flexibility index (Phi) is 4.35. The van der Waals surface area contributed by atoms with E-state index in [0.29, 0.717) is 27.7 Å². The molecule has 0 radical (unpaired) electrons. The average molecular weight is 407 g/mol. The standard InChI is InChI=1S/C21H18FN5OS/c22-16-9-12(5-7-14(16)11-3-1-2-4-11)19-18(20(23)28)15-8-6-13(10-17(15)29-19)21-24-26-27-25-21/h5-11H,1-4H2,(H2,23,28)(H,24,25,26,27). The number of fused-ring (bicyclic) bond motifs is 1. The van der Waals surface area contributed by atoms with Crippen molar-refractivity contribution in [3.8, 4) is 21.8 Å². The third-order valence-electron chi connectivity index (χ3n) is 5.61. The number of aromatic amines is 1. The number of primary amides is 1. The molecule has 4 aromatic rings. The van der Waals surface area contributed by atoms with Crippen LogP contribution in [0, 0.1) is 5.82 Å². The molecule has 2 heterocycles. The quantitative estimate of drug-likeness (QED) is 0.515. The SMILES string of the molecule is NC(=O)c1c(-c2ccc(C3CCCC3)c(F)c2)sc2cc(-c3nnn[nH]3)ccc12. The lowest BCUT2D eigenvalue weighted by Crippen LogP contribution is -2.11. The fourth-order valence-corrected chi connectivity index (χ4v) is 5.45. The van der Waals surface area contributed by atoms with Gasteiger partial charge in [0.1, 0.15) is 5.82 Å². The first-order chi connectivity index (χ1) is 14.1. The van der Waals surface area contributed by atoms with E-state index in [1.807, 2.05) is 30.3 Å². The van der Waals surface area contributed by atoms with Gasteiger partial charge in [-0.1, -0.05) is 37.1 Å². The Morgan fingerprint density at radius 2 is 1.93 bits per heavy atom. The molecule has 29 heavy (non-hydrogen) atoms. The maximum absolute atomic E-state index is 14.9. The van der Waals surface area contributed by atoms with Gasteiger partial charge in [0.2, 0.25) is 0 Å². The third-order valence-corrected chi connectivity index (χ3v) is 6.81. The van der Waals surface area contributed by atoms with Crippen molar-refractivity contribution < 1.29 is 9.18 Å². The third kappa shape index (κ3) is 3.09. The van der Waals surface area contributed by atoms with Crippen molar-refractivity contribution in [2.75, 3.05) is 0 Å². The van der Waals surface area contributed by atoms with Crippen molar-refractivity contribution >= 4 is 27.3 Å². The van der Waals surface area contributed by atoms with Crippen molar-refractivity contribution in [1.29, 1.82) is 0 Å². The molecule has 1 aliphatic carbocycles. The molecule has 0 spiro atoms. The number of H-pyrrole nitrogens is 1. The van der Waals surface area contributed by atoms with Gasteiger partial charge in [0.15, 0.2) is 5.82 Å². The zero-order chi connectivity index (χ0) is 20.0. The Balaban J connectivity index is 1.63. The highest BCUT2D eigenvalue weighted by Gasteiger charge is 2.23. The number of tetrazole rings is 1. The average Bonchev–Trinajstić information content (AvgIpc) is 3.47. The van der Waals surface area contributed by atoms with E-state index in [0.717, 1.165) is 46.9 Å². The monoisotopic (exact) mass is 407 g/mol. The van der Waals surface area contributed by atoms with E-state index in [-0.39, 0.29) is 5.82 Å². The van der Waals surface area contributed by atoms with Gasteiger partial charge in [0.25, 0.3) is 5.91 Å². The van der Waals surface area contributed by atoms with E-state index in [1.165, 1.54) is 17.4 Å². The van der Waals surface area contributed by atoms with Gasteiger partial charge in [-0.25, -0.2) is 9.49 Å². The van der Waals surface area contributed by atoms with Crippen molar-refractivity contribution in [2.45, 2.75) is 31.6 Å². The molecule has 0 bridgehead atoms. The normalized spacial score (nSPS) is 14.7. The molecular formula is C21H18FN5OS. The summed E-state index contributed by atoms with van der Waals surface area (Å²) in [5, 5.41) is 14.6. The molecule has 0 atom stereocenters. The molecule has 1 aliphatic rings. The number of nitrogens with zero attached hydrogens (tertiary/aromatic N) is 3. The predicted octanol–water partition coefficient (Wildman–Crippen LogP) is 4.64. The van der Waals surface area contributed by atoms with Crippen LogP contribution >= 0.6 is 11.3 Å². The zero-order valence-electron chi connectivity index (χ0n) is 15.5. The second-order valence-electron chi connectivity index (χ2n) is 7.35. The van der Waals surface area contributed by atoms with Crippen LogP contribution in [0.25, 0.3) is 31.9 Å². The first kappa shape index (κ1) is 17.9. The van der Waals surface area contributed by atoms with Crippen LogP contribution in [-0.2, 0) is 0 Å². The van der Waals surface area contributed by atoms with Crippen LogP contribution in [0.5, 0.6) is 0 Å². The molecule has 1 fully saturated rings. The van der Waals surface area contributed by atoms with Crippen LogP contribution in [-0.4, -0.2) is 26.5 Å². The number of carbonyl (C=O) groups excluding carboxylic acids is 1. The van der Waals surface area contributed by atoms with E-state index in [2.05, 4.69) is 20.6 Å². The fraction of sp³-hybridized carbons (Fsp3) is 0.238. The Morgan fingerprint density at radius 1 is 1.14 bits per heavy atom.